The van der Waals surface area contributed by atoms with E-state index in [1.165, 1.54) is 0 Å². The van der Waals surface area contributed by atoms with Gasteiger partial charge in [0, 0.05) is 6.04 Å². The lowest BCUT2D eigenvalue weighted by atomic mass is 10.3. The SMILES string of the molecule is [2H]c1c([2H])c(F)c([2H])c(N)c1O. The van der Waals surface area contributed by atoms with Gasteiger partial charge in [0.1, 0.15) is 11.6 Å². The Morgan fingerprint density at radius 2 is 2.33 bits per heavy atom. The number of hydrogen-bond donors (Lipinski definition) is 2. The summed E-state index contributed by atoms with van der Waals surface area (Å²) >= 11 is 0. The first-order chi connectivity index (χ1) is 5.46. The van der Waals surface area contributed by atoms with Crippen LogP contribution in [0.15, 0.2) is 18.1 Å². The highest BCUT2D eigenvalue weighted by atomic mass is 19.1. The first-order valence-corrected chi connectivity index (χ1v) is 2.20. The van der Waals surface area contributed by atoms with E-state index in [0.29, 0.717) is 0 Å². The minimum Gasteiger partial charge on any atom is -0.506 e. The number of anilines is 1. The molecule has 0 bridgehead atoms. The highest BCUT2D eigenvalue weighted by Crippen LogP contribution is 2.18. The minimum absolute atomic E-state index is 0.506. The molecule has 1 aromatic carbocycles. The minimum atomic E-state index is -1.18. The Morgan fingerprint density at radius 1 is 1.67 bits per heavy atom. The van der Waals surface area contributed by atoms with Gasteiger partial charge in [0.25, 0.3) is 0 Å². The van der Waals surface area contributed by atoms with Crippen molar-refractivity contribution in [2.45, 2.75) is 0 Å². The Labute approximate surface area is 55.9 Å². The van der Waals surface area contributed by atoms with E-state index in [9.17, 15) is 4.39 Å². The van der Waals surface area contributed by atoms with Gasteiger partial charge in [0.2, 0.25) is 0 Å². The van der Waals surface area contributed by atoms with E-state index in [1.54, 1.807) is 0 Å². The molecule has 0 unspecified atom stereocenters. The molecule has 1 aromatic rings. The monoisotopic (exact) mass is 130 g/mol. The largest absolute Gasteiger partial charge is 0.506 e. The molecule has 0 heterocycles. The third kappa shape index (κ3) is 1.10. The van der Waals surface area contributed by atoms with Crippen LogP contribution in [0.1, 0.15) is 4.11 Å². The van der Waals surface area contributed by atoms with Gasteiger partial charge in [-0.1, -0.05) is 0 Å². The summed E-state index contributed by atoms with van der Waals surface area (Å²) in [6.07, 6.45) is 0. The van der Waals surface area contributed by atoms with Crippen molar-refractivity contribution >= 4 is 5.69 Å². The zero-order valence-electron chi connectivity index (χ0n) is 7.40. The van der Waals surface area contributed by atoms with Gasteiger partial charge in [-0.3, -0.25) is 0 Å². The smallest absolute Gasteiger partial charge is 0.138 e. The fourth-order valence-corrected chi connectivity index (χ4v) is 0.390. The van der Waals surface area contributed by atoms with Crippen molar-refractivity contribution in [3.63, 3.8) is 0 Å². The van der Waals surface area contributed by atoms with Crippen molar-refractivity contribution in [1.29, 1.82) is 0 Å². The van der Waals surface area contributed by atoms with Crippen molar-refractivity contribution in [3.05, 3.63) is 23.9 Å². The molecule has 1 rings (SSSR count). The van der Waals surface area contributed by atoms with Gasteiger partial charge in [-0.15, -0.1) is 0 Å². The summed E-state index contributed by atoms with van der Waals surface area (Å²) in [6, 6.07) is -2.25. The van der Waals surface area contributed by atoms with Crippen molar-refractivity contribution in [1.82, 2.24) is 0 Å². The molecule has 0 radical (unpaired) electrons. The standard InChI is InChI=1S/C6H6FNO/c7-4-1-2-6(9)5(8)3-4/h1-3,9H,8H2/i1D,2D,3D. The Hall–Kier alpha value is -1.25. The average molecular weight is 130 g/mol. The van der Waals surface area contributed by atoms with E-state index in [1.807, 2.05) is 0 Å². The molecule has 0 fully saturated rings. The number of phenols is 1. The van der Waals surface area contributed by atoms with Crippen molar-refractivity contribution in [2.75, 3.05) is 5.73 Å². The zero-order valence-corrected chi connectivity index (χ0v) is 4.40. The molecule has 0 aliphatic rings. The summed E-state index contributed by atoms with van der Waals surface area (Å²) in [5.74, 6) is -1.90. The number of halogens is 1. The maximum atomic E-state index is 12.7. The summed E-state index contributed by atoms with van der Waals surface area (Å²) in [7, 11) is 0. The van der Waals surface area contributed by atoms with Crippen LogP contribution in [-0.2, 0) is 0 Å². The second-order valence-electron chi connectivity index (χ2n) is 1.45. The Bertz CT molecular complexity index is 237. The zero-order chi connectivity index (χ0) is 9.46. The fraction of sp³-hybridized carbons (Fsp3) is 0. The average Bonchev–Trinajstić information content (AvgIpc) is 2.08. The Balaban J connectivity index is 3.60. The molecule has 9 heavy (non-hydrogen) atoms. The lowest BCUT2D eigenvalue weighted by Crippen LogP contribution is -1.85. The highest BCUT2D eigenvalue weighted by Gasteiger charge is 1.95. The van der Waals surface area contributed by atoms with Crippen LogP contribution in [0.25, 0.3) is 0 Å². The summed E-state index contributed by atoms with van der Waals surface area (Å²) in [6.45, 7) is 0. The number of rotatable bonds is 0. The maximum Gasteiger partial charge on any atom is 0.138 e. The second kappa shape index (κ2) is 1.93. The number of aromatic hydroxyl groups is 1. The van der Waals surface area contributed by atoms with Gasteiger partial charge in [-0.2, -0.15) is 0 Å². The van der Waals surface area contributed by atoms with Gasteiger partial charge >= 0.3 is 0 Å². The predicted molar refractivity (Wildman–Crippen MR) is 32.5 cm³/mol. The van der Waals surface area contributed by atoms with Crippen molar-refractivity contribution < 1.29 is 13.6 Å². The van der Waals surface area contributed by atoms with E-state index in [2.05, 4.69) is 0 Å². The van der Waals surface area contributed by atoms with Crippen LogP contribution in [0.3, 0.4) is 0 Å². The van der Waals surface area contributed by atoms with Crippen LogP contribution in [-0.4, -0.2) is 5.11 Å². The van der Waals surface area contributed by atoms with Crippen LogP contribution >= 0.6 is 0 Å². The van der Waals surface area contributed by atoms with Crippen LogP contribution in [0.2, 0.25) is 0 Å². The lowest BCUT2D eigenvalue weighted by molar-refractivity contribution is 0.476. The van der Waals surface area contributed by atoms with Crippen LogP contribution in [0, 0.1) is 5.82 Å². The van der Waals surface area contributed by atoms with E-state index in [0.717, 1.165) is 0 Å². The number of benzene rings is 1. The summed E-state index contributed by atoms with van der Waals surface area (Å²) in [5, 5.41) is 8.97. The van der Waals surface area contributed by atoms with E-state index in [-0.39, 0.29) is 0 Å². The number of nitrogen functional groups attached to an aromatic ring is 1. The molecule has 3 heteroatoms. The number of nitrogens with two attached hydrogens (primary N) is 1. The maximum absolute atomic E-state index is 12.7. The Kier molecular flexibility index (Phi) is 0.656. The fourth-order valence-electron chi connectivity index (χ4n) is 0.390. The summed E-state index contributed by atoms with van der Waals surface area (Å²) in [4.78, 5) is 0. The van der Waals surface area contributed by atoms with Crippen molar-refractivity contribution in [3.8, 4) is 5.75 Å². The molecule has 0 amide bonds. The first kappa shape index (κ1) is 3.06. The van der Waals surface area contributed by atoms with Gasteiger partial charge in [-0.05, 0) is 12.1 Å². The van der Waals surface area contributed by atoms with E-state index < -0.39 is 35.4 Å². The van der Waals surface area contributed by atoms with Gasteiger partial charge in [-0.25, -0.2) is 4.39 Å². The molecular weight excluding hydrogens is 121 g/mol. The van der Waals surface area contributed by atoms with Gasteiger partial charge in [0.15, 0.2) is 0 Å². The van der Waals surface area contributed by atoms with Gasteiger partial charge in [0.05, 0.1) is 9.80 Å². The number of hydrogen-bond acceptors (Lipinski definition) is 2. The lowest BCUT2D eigenvalue weighted by Gasteiger charge is -1.94. The normalized spacial score (nSPS) is 14.1. The molecule has 0 atom stereocenters. The van der Waals surface area contributed by atoms with Crippen LogP contribution in [0.5, 0.6) is 5.75 Å². The van der Waals surface area contributed by atoms with Crippen molar-refractivity contribution in [2.24, 2.45) is 0 Å². The molecule has 0 saturated heterocycles. The molecule has 0 aromatic heterocycles. The Morgan fingerprint density at radius 3 is 3.00 bits per heavy atom. The molecule has 0 aliphatic carbocycles. The highest BCUT2D eigenvalue weighted by molar-refractivity contribution is 5.50. The molecule has 0 spiro atoms. The van der Waals surface area contributed by atoms with Crippen LogP contribution < -0.4 is 5.73 Å². The molecular formula is C6H6FNO. The summed E-state index contributed by atoms with van der Waals surface area (Å²) in [5.41, 5.74) is 4.57. The molecule has 0 saturated carbocycles. The summed E-state index contributed by atoms with van der Waals surface area (Å²) < 4.78 is 33.6. The molecule has 48 valence electrons. The molecule has 0 aliphatic heterocycles. The van der Waals surface area contributed by atoms with Gasteiger partial charge < -0.3 is 10.8 Å². The van der Waals surface area contributed by atoms with E-state index in [4.69, 9.17) is 15.0 Å². The quantitative estimate of drug-likeness (QED) is 0.408. The second-order valence-corrected chi connectivity index (χ2v) is 1.45. The molecule has 3 N–H and O–H groups in total. The van der Waals surface area contributed by atoms with E-state index >= 15 is 0 Å². The molecule has 2 nitrogen and oxygen atoms in total. The number of phenolic OH excluding ortho intramolecular Hbond substituents is 1. The third-order valence-corrected chi connectivity index (χ3v) is 0.790. The predicted octanol–water partition coefficient (Wildman–Crippen LogP) is 1.11. The third-order valence-electron chi connectivity index (χ3n) is 0.790. The topological polar surface area (TPSA) is 46.2 Å². The van der Waals surface area contributed by atoms with Crippen LogP contribution in [0.4, 0.5) is 10.1 Å². The first-order valence-electron chi connectivity index (χ1n) is 3.70.